The lowest BCUT2D eigenvalue weighted by Gasteiger charge is -2.13. The Balaban J connectivity index is 1.61. The average Bonchev–Trinajstić information content (AvgIpc) is 3.03. The molecular weight excluding hydrogens is 344 g/mol. The predicted octanol–water partition coefficient (Wildman–Crippen LogP) is 4.45. The average molecular weight is 366 g/mol. The van der Waals surface area contributed by atoms with E-state index in [1.807, 2.05) is 48.1 Å². The normalized spacial score (nSPS) is 10.4. The maximum atomic E-state index is 5.60. The molecule has 134 valence electrons. The van der Waals surface area contributed by atoms with Gasteiger partial charge in [-0.25, -0.2) is 0 Å². The van der Waals surface area contributed by atoms with Gasteiger partial charge in [-0.15, -0.1) is 0 Å². The highest BCUT2D eigenvalue weighted by atomic mass is 32.1. The van der Waals surface area contributed by atoms with Crippen molar-refractivity contribution in [2.24, 2.45) is 0 Å². The van der Waals surface area contributed by atoms with Crippen molar-refractivity contribution in [1.29, 1.82) is 0 Å². The third-order valence-electron chi connectivity index (χ3n) is 3.74. The molecular formula is C20H22N4OS. The molecule has 0 aliphatic heterocycles. The molecule has 0 amide bonds. The van der Waals surface area contributed by atoms with E-state index in [0.717, 1.165) is 18.0 Å². The number of rotatable bonds is 6. The summed E-state index contributed by atoms with van der Waals surface area (Å²) in [7, 11) is 0. The van der Waals surface area contributed by atoms with Crippen LogP contribution in [0.3, 0.4) is 0 Å². The lowest BCUT2D eigenvalue weighted by Crippen LogP contribution is -2.20. The van der Waals surface area contributed by atoms with Crippen LogP contribution < -0.4 is 15.4 Å². The third kappa shape index (κ3) is 4.83. The number of thiocarbonyl (C=S) groups is 1. The molecule has 0 radical (unpaired) electrons. The van der Waals surface area contributed by atoms with Gasteiger partial charge in [-0.1, -0.05) is 42.0 Å². The number of anilines is 2. The molecule has 0 aliphatic rings. The summed E-state index contributed by atoms with van der Waals surface area (Å²) in [4.78, 5) is 0. The second kappa shape index (κ2) is 8.49. The highest BCUT2D eigenvalue weighted by Gasteiger charge is 2.06. The number of benzene rings is 2. The summed E-state index contributed by atoms with van der Waals surface area (Å²) >= 11 is 5.39. The molecule has 0 bridgehead atoms. The molecule has 0 saturated heterocycles. The number of aryl methyl sites for hydroxylation is 1. The summed E-state index contributed by atoms with van der Waals surface area (Å²) in [6, 6.07) is 18.0. The topological polar surface area (TPSA) is 51.1 Å². The van der Waals surface area contributed by atoms with Crippen molar-refractivity contribution in [2.75, 3.05) is 17.2 Å². The first-order valence-corrected chi connectivity index (χ1v) is 8.93. The van der Waals surface area contributed by atoms with Gasteiger partial charge >= 0.3 is 0 Å². The number of hydrogen-bond acceptors (Lipinski definition) is 3. The van der Waals surface area contributed by atoms with Gasteiger partial charge in [-0.2, -0.15) is 5.10 Å². The zero-order chi connectivity index (χ0) is 18.4. The zero-order valence-corrected chi connectivity index (χ0v) is 15.7. The van der Waals surface area contributed by atoms with Gasteiger partial charge in [0.15, 0.2) is 10.9 Å². The SMILES string of the molecule is CCOc1ccccc1NC(=S)Nc1ccn(Cc2cccc(C)c2)n1. The van der Waals surface area contributed by atoms with Crippen LogP contribution in [0.5, 0.6) is 5.75 Å². The van der Waals surface area contributed by atoms with Crippen LogP contribution in [0.4, 0.5) is 11.5 Å². The fraction of sp³-hybridized carbons (Fsp3) is 0.200. The minimum Gasteiger partial charge on any atom is -0.492 e. The summed E-state index contributed by atoms with van der Waals surface area (Å²) in [5.74, 6) is 1.47. The van der Waals surface area contributed by atoms with Crippen molar-refractivity contribution in [3.8, 4) is 5.75 Å². The molecule has 0 fully saturated rings. The van der Waals surface area contributed by atoms with Crippen molar-refractivity contribution in [3.63, 3.8) is 0 Å². The van der Waals surface area contributed by atoms with Crippen LogP contribution in [-0.2, 0) is 6.54 Å². The van der Waals surface area contributed by atoms with Crippen LogP contribution in [0.25, 0.3) is 0 Å². The molecule has 26 heavy (non-hydrogen) atoms. The molecule has 0 aliphatic carbocycles. The maximum Gasteiger partial charge on any atom is 0.176 e. The molecule has 6 heteroatoms. The molecule has 3 aromatic rings. The third-order valence-corrected chi connectivity index (χ3v) is 3.95. The van der Waals surface area contributed by atoms with Gasteiger partial charge in [0.2, 0.25) is 0 Å². The zero-order valence-electron chi connectivity index (χ0n) is 14.9. The summed E-state index contributed by atoms with van der Waals surface area (Å²) in [5.41, 5.74) is 3.28. The fourth-order valence-electron chi connectivity index (χ4n) is 2.64. The van der Waals surface area contributed by atoms with E-state index in [4.69, 9.17) is 17.0 Å². The van der Waals surface area contributed by atoms with Crippen LogP contribution in [0.2, 0.25) is 0 Å². The first-order valence-electron chi connectivity index (χ1n) is 8.53. The van der Waals surface area contributed by atoms with E-state index in [1.165, 1.54) is 11.1 Å². The van der Waals surface area contributed by atoms with Crippen LogP contribution >= 0.6 is 12.2 Å². The molecule has 0 saturated carbocycles. The number of nitrogens with one attached hydrogen (secondary N) is 2. The summed E-state index contributed by atoms with van der Waals surface area (Å²) in [5, 5.41) is 11.3. The first-order chi connectivity index (χ1) is 12.6. The second-order valence-electron chi connectivity index (χ2n) is 5.90. The molecule has 5 nitrogen and oxygen atoms in total. The lowest BCUT2D eigenvalue weighted by molar-refractivity contribution is 0.342. The van der Waals surface area contributed by atoms with E-state index >= 15 is 0 Å². The van der Waals surface area contributed by atoms with Gasteiger partial charge < -0.3 is 15.4 Å². The highest BCUT2D eigenvalue weighted by molar-refractivity contribution is 7.80. The number of nitrogens with zero attached hydrogens (tertiary/aromatic N) is 2. The molecule has 3 rings (SSSR count). The predicted molar refractivity (Wildman–Crippen MR) is 110 cm³/mol. The minimum absolute atomic E-state index is 0.470. The highest BCUT2D eigenvalue weighted by Crippen LogP contribution is 2.23. The number of ether oxygens (including phenoxy) is 1. The van der Waals surface area contributed by atoms with Gasteiger partial charge in [0.05, 0.1) is 18.8 Å². The summed E-state index contributed by atoms with van der Waals surface area (Å²) in [6.45, 7) is 5.36. The van der Waals surface area contributed by atoms with Gasteiger partial charge in [-0.05, 0) is 43.8 Å². The van der Waals surface area contributed by atoms with E-state index in [-0.39, 0.29) is 0 Å². The van der Waals surface area contributed by atoms with Crippen molar-refractivity contribution in [3.05, 3.63) is 71.9 Å². The van der Waals surface area contributed by atoms with E-state index in [1.54, 1.807) is 0 Å². The van der Waals surface area contributed by atoms with Crippen LogP contribution in [0.1, 0.15) is 18.1 Å². The van der Waals surface area contributed by atoms with E-state index in [2.05, 4.69) is 46.9 Å². The number of hydrogen-bond donors (Lipinski definition) is 2. The Morgan fingerprint density at radius 3 is 2.77 bits per heavy atom. The fourth-order valence-corrected chi connectivity index (χ4v) is 2.85. The summed E-state index contributed by atoms with van der Waals surface area (Å²) in [6.07, 6.45) is 1.93. The molecule has 1 heterocycles. The van der Waals surface area contributed by atoms with Gasteiger partial charge in [0, 0.05) is 12.3 Å². The molecule has 0 unspecified atom stereocenters. The second-order valence-corrected chi connectivity index (χ2v) is 6.30. The van der Waals surface area contributed by atoms with E-state index in [0.29, 0.717) is 17.5 Å². The largest absolute Gasteiger partial charge is 0.492 e. The van der Waals surface area contributed by atoms with Gasteiger partial charge in [-0.3, -0.25) is 4.68 Å². The standard InChI is InChI=1S/C20H22N4OS/c1-3-25-18-10-5-4-9-17(18)21-20(26)22-19-11-12-24(23-19)14-16-8-6-7-15(2)13-16/h4-13H,3,14H2,1-2H3,(H2,21,22,23,26). The quantitative estimate of drug-likeness (QED) is 0.631. The number of aromatic nitrogens is 2. The van der Waals surface area contributed by atoms with Crippen molar-refractivity contribution >= 4 is 28.8 Å². The minimum atomic E-state index is 0.470. The monoisotopic (exact) mass is 366 g/mol. The van der Waals surface area contributed by atoms with Gasteiger partial charge in [0.25, 0.3) is 0 Å². The maximum absolute atomic E-state index is 5.60. The Hall–Kier alpha value is -2.86. The van der Waals surface area contributed by atoms with Crippen molar-refractivity contribution in [1.82, 2.24) is 9.78 Å². The lowest BCUT2D eigenvalue weighted by atomic mass is 10.1. The number of para-hydroxylation sites is 2. The van der Waals surface area contributed by atoms with Crippen LogP contribution in [0, 0.1) is 6.92 Å². The Kier molecular flexibility index (Phi) is 5.86. The molecule has 0 spiro atoms. The first kappa shape index (κ1) is 17.9. The molecule has 2 aromatic carbocycles. The Labute approximate surface area is 159 Å². The molecule has 2 N–H and O–H groups in total. The summed E-state index contributed by atoms with van der Waals surface area (Å²) < 4.78 is 7.48. The van der Waals surface area contributed by atoms with E-state index < -0.39 is 0 Å². The van der Waals surface area contributed by atoms with Crippen molar-refractivity contribution in [2.45, 2.75) is 20.4 Å². The molecule has 0 atom stereocenters. The van der Waals surface area contributed by atoms with E-state index in [9.17, 15) is 0 Å². The van der Waals surface area contributed by atoms with Crippen LogP contribution in [0.15, 0.2) is 60.8 Å². The molecule has 1 aromatic heterocycles. The van der Waals surface area contributed by atoms with Crippen LogP contribution in [-0.4, -0.2) is 21.5 Å². The van der Waals surface area contributed by atoms with Gasteiger partial charge in [0.1, 0.15) is 5.75 Å². The smallest absolute Gasteiger partial charge is 0.176 e. The van der Waals surface area contributed by atoms with Crippen molar-refractivity contribution < 1.29 is 4.74 Å². The Bertz CT molecular complexity index is 891. The Morgan fingerprint density at radius 2 is 1.96 bits per heavy atom. The Morgan fingerprint density at radius 1 is 1.12 bits per heavy atom.